The molecule has 3 atom stereocenters. The zero-order chi connectivity index (χ0) is 21.6. The number of halogens is 4. The summed E-state index contributed by atoms with van der Waals surface area (Å²) in [6.07, 6.45) is 0. The van der Waals surface area contributed by atoms with Gasteiger partial charge in [-0.2, -0.15) is 8.42 Å². The van der Waals surface area contributed by atoms with Crippen LogP contribution in [-0.4, -0.2) is 66.1 Å². The van der Waals surface area contributed by atoms with E-state index in [0.717, 1.165) is 7.11 Å². The molecule has 0 bridgehead atoms. The van der Waals surface area contributed by atoms with Crippen molar-refractivity contribution in [1.29, 1.82) is 0 Å². The van der Waals surface area contributed by atoms with Crippen molar-refractivity contribution in [2.45, 2.75) is 32.5 Å². The first kappa shape index (κ1) is 26.3. The Bertz CT molecular complexity index is 878. The molecule has 0 spiro atoms. The van der Waals surface area contributed by atoms with E-state index in [1.165, 1.54) is 13.8 Å². The molecule has 2 N–H and O–H groups in total. The summed E-state index contributed by atoms with van der Waals surface area (Å²) in [4.78, 5) is 12.1. The summed E-state index contributed by atoms with van der Waals surface area (Å²) in [7, 11) is -3.79. The fourth-order valence-corrected chi connectivity index (χ4v) is 4.08. The van der Waals surface area contributed by atoms with Crippen molar-refractivity contribution in [2.24, 2.45) is 17.3 Å². The van der Waals surface area contributed by atoms with Crippen molar-refractivity contribution in [3.63, 3.8) is 0 Å². The fourth-order valence-electron chi connectivity index (χ4n) is 3.20. The van der Waals surface area contributed by atoms with Crippen molar-refractivity contribution < 1.29 is 49.9 Å². The van der Waals surface area contributed by atoms with Gasteiger partial charge in [-0.15, -0.1) is 0 Å². The molecule has 1 aliphatic carbocycles. The molecule has 0 aromatic heterocycles. The summed E-state index contributed by atoms with van der Waals surface area (Å²) in [6.45, 7) is 0.909. The number of methoxy groups -OCH3 is 1. The van der Waals surface area contributed by atoms with E-state index in [-0.39, 0.29) is 29.6 Å². The number of ether oxygens (including phenoxy) is 2. The maximum atomic E-state index is 14.0. The summed E-state index contributed by atoms with van der Waals surface area (Å²) in [5, 5.41) is 9.63. The summed E-state index contributed by atoms with van der Waals surface area (Å²) in [5.74, 6) is -10.5. The second-order valence-electron chi connectivity index (χ2n) is 6.98. The van der Waals surface area contributed by atoms with Gasteiger partial charge in [-0.25, -0.2) is 17.6 Å². The molecule has 1 saturated carbocycles. The average Bonchev–Trinajstić information content (AvgIpc) is 3.17. The van der Waals surface area contributed by atoms with Crippen molar-refractivity contribution in [2.75, 3.05) is 7.11 Å². The number of aliphatic hydroxyl groups excluding tert-OH is 1. The fraction of sp³-hybridized carbons (Fsp3) is 0.562. The summed E-state index contributed by atoms with van der Waals surface area (Å²) in [5.41, 5.74) is -5.51. The molecule has 0 amide bonds. The Morgan fingerprint density at radius 1 is 1.07 bits per heavy atom. The van der Waals surface area contributed by atoms with Gasteiger partial charge < -0.3 is 14.6 Å². The summed E-state index contributed by atoms with van der Waals surface area (Å²) in [6, 6.07) is 0. The molecule has 3 unspecified atom stereocenters. The molecule has 160 valence electrons. The molecular formula is C16H19F4NaO7S. The maximum absolute atomic E-state index is 14.0. The summed E-state index contributed by atoms with van der Waals surface area (Å²) < 4.78 is 96.0. The van der Waals surface area contributed by atoms with Crippen LogP contribution in [0.25, 0.3) is 0 Å². The molecule has 2 rings (SSSR count). The van der Waals surface area contributed by atoms with Gasteiger partial charge >= 0.3 is 35.5 Å². The van der Waals surface area contributed by atoms with Crippen molar-refractivity contribution >= 4 is 45.6 Å². The number of hydrogen-bond acceptors (Lipinski definition) is 6. The third-order valence-electron chi connectivity index (χ3n) is 4.87. The van der Waals surface area contributed by atoms with E-state index in [2.05, 4.69) is 9.47 Å². The monoisotopic (exact) mass is 454 g/mol. The van der Waals surface area contributed by atoms with E-state index < -0.39 is 86.4 Å². The Morgan fingerprint density at radius 2 is 1.48 bits per heavy atom. The first-order valence-electron chi connectivity index (χ1n) is 7.90. The van der Waals surface area contributed by atoms with Gasteiger partial charge in [-0.05, 0) is 5.41 Å². The van der Waals surface area contributed by atoms with Gasteiger partial charge in [-0.1, -0.05) is 13.8 Å². The number of esters is 1. The van der Waals surface area contributed by atoms with Gasteiger partial charge in [0, 0.05) is 13.0 Å². The van der Waals surface area contributed by atoms with Crippen LogP contribution in [0.1, 0.15) is 25.0 Å². The third-order valence-corrected chi connectivity index (χ3v) is 5.77. The van der Waals surface area contributed by atoms with Crippen LogP contribution in [0.15, 0.2) is 0 Å². The second-order valence-corrected chi connectivity index (χ2v) is 8.50. The molecule has 1 aliphatic rings. The van der Waals surface area contributed by atoms with E-state index in [1.807, 2.05) is 0 Å². The predicted molar refractivity (Wildman–Crippen MR) is 92.2 cm³/mol. The normalized spacial score (nSPS) is 21.3. The van der Waals surface area contributed by atoms with Gasteiger partial charge in [-0.3, -0.25) is 9.35 Å². The van der Waals surface area contributed by atoms with Crippen molar-refractivity contribution in [3.8, 4) is 0 Å². The molecule has 0 radical (unpaired) electrons. The Kier molecular flexibility index (Phi) is 8.30. The van der Waals surface area contributed by atoms with Gasteiger partial charge in [0.05, 0.1) is 23.7 Å². The number of rotatable bonds is 7. The molecule has 0 saturated heterocycles. The predicted octanol–water partition coefficient (Wildman–Crippen LogP) is 1.26. The van der Waals surface area contributed by atoms with Crippen LogP contribution < -0.4 is 0 Å². The van der Waals surface area contributed by atoms with Crippen LogP contribution in [-0.2, 0) is 37.6 Å². The first-order valence-corrected chi connectivity index (χ1v) is 9.40. The van der Waals surface area contributed by atoms with E-state index in [0.29, 0.717) is 0 Å². The molecule has 1 aromatic rings. The van der Waals surface area contributed by atoms with Gasteiger partial charge in [0.1, 0.15) is 6.61 Å². The minimum atomic E-state index is -4.86. The number of carbonyl (C=O) groups excluding carboxylic acids is 1. The molecule has 13 heteroatoms. The molecule has 1 aromatic carbocycles. The number of aliphatic hydroxyl groups is 1. The first-order chi connectivity index (χ1) is 12.8. The van der Waals surface area contributed by atoms with Crippen LogP contribution in [0.4, 0.5) is 17.6 Å². The Morgan fingerprint density at radius 3 is 1.86 bits per heavy atom. The number of benzene rings is 1. The van der Waals surface area contributed by atoms with E-state index in [1.54, 1.807) is 0 Å². The standard InChI is InChI=1S/C16H18F4O7S.Na.H/c1-16(2)8(9(16)15(22)28(23,24)25)14(21)27-5-7-12(19)10(17)6(4-26-3)11(18)13(7)20;;/h8-9,15,22H,4-5H2,1-3H3,(H,23,24,25);;. The van der Waals surface area contributed by atoms with E-state index in [4.69, 9.17) is 4.55 Å². The van der Waals surface area contributed by atoms with Crippen LogP contribution >= 0.6 is 0 Å². The van der Waals surface area contributed by atoms with Crippen LogP contribution in [0.2, 0.25) is 0 Å². The molecule has 0 heterocycles. The Hall–Kier alpha value is -0.760. The number of carbonyl (C=O) groups is 1. The van der Waals surface area contributed by atoms with Crippen molar-refractivity contribution in [1.82, 2.24) is 0 Å². The quantitative estimate of drug-likeness (QED) is 0.210. The molecule has 29 heavy (non-hydrogen) atoms. The molecular weight excluding hydrogens is 435 g/mol. The van der Waals surface area contributed by atoms with Gasteiger partial charge in [0.25, 0.3) is 10.1 Å². The topological polar surface area (TPSA) is 110 Å². The Balaban J connectivity index is 0.00000420. The Labute approximate surface area is 186 Å². The van der Waals surface area contributed by atoms with Crippen LogP contribution in [0.3, 0.4) is 0 Å². The SMILES string of the molecule is COCc1c(F)c(F)c(COC(=O)C2C(C(O)S(=O)(=O)O)C2(C)C)c(F)c1F.[NaH]. The molecule has 0 aliphatic heterocycles. The van der Waals surface area contributed by atoms with Gasteiger partial charge in [0.2, 0.25) is 0 Å². The van der Waals surface area contributed by atoms with Crippen LogP contribution in [0, 0.1) is 40.5 Å². The molecule has 1 fully saturated rings. The zero-order valence-corrected chi connectivity index (χ0v) is 15.8. The van der Waals surface area contributed by atoms with Crippen molar-refractivity contribution in [3.05, 3.63) is 34.4 Å². The number of hydrogen-bond donors (Lipinski definition) is 2. The third kappa shape index (κ3) is 4.94. The van der Waals surface area contributed by atoms with E-state index in [9.17, 15) is 35.9 Å². The van der Waals surface area contributed by atoms with Crippen LogP contribution in [0.5, 0.6) is 0 Å². The summed E-state index contributed by atoms with van der Waals surface area (Å²) >= 11 is 0. The second kappa shape index (κ2) is 9.16. The minimum absolute atomic E-state index is 0. The zero-order valence-electron chi connectivity index (χ0n) is 15.0. The average molecular weight is 454 g/mol. The molecule has 7 nitrogen and oxygen atoms in total. The van der Waals surface area contributed by atoms with Gasteiger partial charge in [0.15, 0.2) is 28.7 Å². The van der Waals surface area contributed by atoms with E-state index >= 15 is 0 Å².